The second kappa shape index (κ2) is 9.28. The quantitative estimate of drug-likeness (QED) is 0.624. The van der Waals surface area contributed by atoms with E-state index >= 15 is 0 Å². The van der Waals surface area contributed by atoms with E-state index in [2.05, 4.69) is 39.6 Å². The molecule has 0 aliphatic carbocycles. The Balaban J connectivity index is 1.45. The number of halogens is 1. The fourth-order valence-electron chi connectivity index (χ4n) is 2.52. The zero-order valence-electron chi connectivity index (χ0n) is 14.0. The summed E-state index contributed by atoms with van der Waals surface area (Å²) in [4.78, 5) is 8.60. The SMILES string of the molecule is ClN(Cc1ccc(CNCc2ccccn2)cc1)Cc1ccccn1. The average Bonchev–Trinajstić information content (AvgIpc) is 2.65. The molecule has 0 aliphatic heterocycles. The van der Waals surface area contributed by atoms with Gasteiger partial charge in [0.2, 0.25) is 0 Å². The second-order valence-electron chi connectivity index (χ2n) is 5.84. The molecule has 25 heavy (non-hydrogen) atoms. The molecule has 0 amide bonds. The van der Waals surface area contributed by atoms with Gasteiger partial charge in [-0.3, -0.25) is 9.97 Å². The molecule has 0 radical (unpaired) electrons. The molecule has 0 unspecified atom stereocenters. The van der Waals surface area contributed by atoms with Crippen molar-refractivity contribution < 1.29 is 0 Å². The first kappa shape index (κ1) is 17.5. The third kappa shape index (κ3) is 5.94. The minimum atomic E-state index is 0.621. The average molecular weight is 353 g/mol. The normalized spacial score (nSPS) is 11.0. The molecule has 0 atom stereocenters. The van der Waals surface area contributed by atoms with Crippen LogP contribution in [0.1, 0.15) is 22.5 Å². The molecule has 2 aromatic heterocycles. The van der Waals surface area contributed by atoms with Crippen molar-refractivity contribution in [3.05, 3.63) is 95.6 Å². The number of aromatic nitrogens is 2. The van der Waals surface area contributed by atoms with Gasteiger partial charge < -0.3 is 5.32 Å². The highest BCUT2D eigenvalue weighted by molar-refractivity contribution is 6.13. The van der Waals surface area contributed by atoms with Gasteiger partial charge in [0.25, 0.3) is 0 Å². The van der Waals surface area contributed by atoms with Crippen LogP contribution in [0.2, 0.25) is 0 Å². The van der Waals surface area contributed by atoms with Crippen molar-refractivity contribution in [3.8, 4) is 0 Å². The zero-order chi connectivity index (χ0) is 17.3. The van der Waals surface area contributed by atoms with Crippen LogP contribution >= 0.6 is 11.8 Å². The molecule has 128 valence electrons. The fourth-order valence-corrected chi connectivity index (χ4v) is 2.78. The van der Waals surface area contributed by atoms with Crippen LogP contribution in [0, 0.1) is 0 Å². The van der Waals surface area contributed by atoms with Gasteiger partial charge in [-0.25, -0.2) is 4.42 Å². The third-order valence-corrected chi connectivity index (χ3v) is 4.04. The third-order valence-electron chi connectivity index (χ3n) is 3.80. The Labute approximate surface area is 153 Å². The summed E-state index contributed by atoms with van der Waals surface area (Å²) in [5.41, 5.74) is 4.43. The van der Waals surface area contributed by atoms with Gasteiger partial charge in [-0.2, -0.15) is 0 Å². The van der Waals surface area contributed by atoms with E-state index in [4.69, 9.17) is 11.8 Å². The first-order valence-corrected chi connectivity index (χ1v) is 8.62. The first-order valence-electron chi connectivity index (χ1n) is 8.29. The molecule has 3 rings (SSSR count). The number of hydrogen-bond acceptors (Lipinski definition) is 4. The predicted molar refractivity (Wildman–Crippen MR) is 101 cm³/mol. The van der Waals surface area contributed by atoms with Gasteiger partial charge in [-0.1, -0.05) is 36.4 Å². The highest BCUT2D eigenvalue weighted by Gasteiger charge is 2.05. The van der Waals surface area contributed by atoms with Crippen LogP contribution < -0.4 is 5.32 Å². The molecular formula is C20H21ClN4. The Morgan fingerprint density at radius 3 is 2.00 bits per heavy atom. The van der Waals surface area contributed by atoms with E-state index < -0.39 is 0 Å². The van der Waals surface area contributed by atoms with Crippen LogP contribution in [-0.4, -0.2) is 14.4 Å². The molecule has 1 aromatic carbocycles. The molecule has 0 aliphatic rings. The van der Waals surface area contributed by atoms with E-state index in [1.54, 1.807) is 10.6 Å². The topological polar surface area (TPSA) is 41.0 Å². The number of nitrogens with zero attached hydrogens (tertiary/aromatic N) is 3. The minimum Gasteiger partial charge on any atom is -0.307 e. The van der Waals surface area contributed by atoms with E-state index in [1.165, 1.54) is 11.1 Å². The molecule has 5 heteroatoms. The van der Waals surface area contributed by atoms with Gasteiger partial charge in [-0.05, 0) is 47.2 Å². The van der Waals surface area contributed by atoms with Gasteiger partial charge >= 0.3 is 0 Å². The molecule has 1 N–H and O–H groups in total. The van der Waals surface area contributed by atoms with Crippen LogP contribution in [0.15, 0.2) is 73.1 Å². The van der Waals surface area contributed by atoms with Gasteiger partial charge in [0.15, 0.2) is 0 Å². The van der Waals surface area contributed by atoms with Gasteiger partial charge in [-0.15, -0.1) is 0 Å². The van der Waals surface area contributed by atoms with Crippen LogP contribution in [-0.2, 0) is 26.2 Å². The van der Waals surface area contributed by atoms with Gasteiger partial charge in [0.05, 0.1) is 17.9 Å². The van der Waals surface area contributed by atoms with Crippen molar-refractivity contribution in [1.29, 1.82) is 0 Å². The van der Waals surface area contributed by atoms with E-state index in [-0.39, 0.29) is 0 Å². The molecule has 0 spiro atoms. The lowest BCUT2D eigenvalue weighted by atomic mass is 10.1. The van der Waals surface area contributed by atoms with E-state index in [0.29, 0.717) is 13.1 Å². The van der Waals surface area contributed by atoms with Crippen LogP contribution in [0.25, 0.3) is 0 Å². The second-order valence-corrected chi connectivity index (χ2v) is 6.32. The summed E-state index contributed by atoms with van der Waals surface area (Å²) in [5, 5.41) is 3.40. The number of pyridine rings is 2. The van der Waals surface area contributed by atoms with E-state index in [9.17, 15) is 0 Å². The molecule has 0 fully saturated rings. The lowest BCUT2D eigenvalue weighted by Crippen LogP contribution is -2.14. The summed E-state index contributed by atoms with van der Waals surface area (Å²) in [6, 6.07) is 20.3. The molecule has 0 saturated heterocycles. The maximum atomic E-state index is 6.32. The van der Waals surface area contributed by atoms with Crippen molar-refractivity contribution >= 4 is 11.8 Å². The van der Waals surface area contributed by atoms with Crippen molar-refractivity contribution in [2.75, 3.05) is 0 Å². The Morgan fingerprint density at radius 1 is 0.720 bits per heavy atom. The molecule has 3 aromatic rings. The fraction of sp³-hybridized carbons (Fsp3) is 0.200. The summed E-state index contributed by atoms with van der Waals surface area (Å²) in [5.74, 6) is 0. The largest absolute Gasteiger partial charge is 0.307 e. The summed E-state index contributed by atoms with van der Waals surface area (Å²) in [6.07, 6.45) is 3.60. The maximum Gasteiger partial charge on any atom is 0.0566 e. The highest BCUT2D eigenvalue weighted by Crippen LogP contribution is 2.12. The van der Waals surface area contributed by atoms with E-state index in [0.717, 1.165) is 24.5 Å². The minimum absolute atomic E-state index is 0.621. The summed E-state index contributed by atoms with van der Waals surface area (Å²) in [6.45, 7) is 2.88. The Morgan fingerprint density at radius 2 is 1.36 bits per heavy atom. The Hall–Kier alpha value is -2.27. The zero-order valence-corrected chi connectivity index (χ0v) is 14.7. The van der Waals surface area contributed by atoms with Gasteiger partial charge in [0.1, 0.15) is 0 Å². The number of hydrogen-bond donors (Lipinski definition) is 1. The molecule has 2 heterocycles. The van der Waals surface area contributed by atoms with Crippen LogP contribution in [0.3, 0.4) is 0 Å². The predicted octanol–water partition coefficient (Wildman–Crippen LogP) is 3.92. The summed E-state index contributed by atoms with van der Waals surface area (Å²) < 4.78 is 1.75. The van der Waals surface area contributed by atoms with Crippen molar-refractivity contribution in [3.63, 3.8) is 0 Å². The molecule has 0 bridgehead atoms. The molecular weight excluding hydrogens is 332 g/mol. The van der Waals surface area contributed by atoms with Crippen molar-refractivity contribution in [2.24, 2.45) is 0 Å². The van der Waals surface area contributed by atoms with Crippen LogP contribution in [0.4, 0.5) is 0 Å². The van der Waals surface area contributed by atoms with Gasteiger partial charge in [0, 0.05) is 32.0 Å². The smallest absolute Gasteiger partial charge is 0.0566 e. The maximum absolute atomic E-state index is 6.32. The van der Waals surface area contributed by atoms with Crippen molar-refractivity contribution in [2.45, 2.75) is 26.2 Å². The Kier molecular flexibility index (Phi) is 6.51. The summed E-state index contributed by atoms with van der Waals surface area (Å²) >= 11 is 6.32. The lowest BCUT2D eigenvalue weighted by Gasteiger charge is -2.13. The Bertz CT molecular complexity index is 748. The standard InChI is InChI=1S/C20H21ClN4/c21-25(16-20-6-2-4-12-24-20)15-18-9-7-17(8-10-18)13-22-14-19-5-1-3-11-23-19/h1-12,22H,13-16H2. The highest BCUT2D eigenvalue weighted by atomic mass is 35.5. The molecule has 0 saturated carbocycles. The van der Waals surface area contributed by atoms with Crippen LogP contribution in [0.5, 0.6) is 0 Å². The van der Waals surface area contributed by atoms with Crippen molar-refractivity contribution in [1.82, 2.24) is 19.7 Å². The van der Waals surface area contributed by atoms with E-state index in [1.807, 2.05) is 42.6 Å². The monoisotopic (exact) mass is 352 g/mol. The number of nitrogens with one attached hydrogen (secondary N) is 1. The number of benzene rings is 1. The number of rotatable bonds is 8. The first-order chi connectivity index (χ1) is 12.3. The lowest BCUT2D eigenvalue weighted by molar-refractivity contribution is 0.439. The molecule has 4 nitrogen and oxygen atoms in total. The summed E-state index contributed by atoms with van der Waals surface area (Å²) in [7, 11) is 0.